The first-order valence-corrected chi connectivity index (χ1v) is 6.32. The summed E-state index contributed by atoms with van der Waals surface area (Å²) in [5.41, 5.74) is 3.44. The van der Waals surface area contributed by atoms with Gasteiger partial charge in [0, 0.05) is 17.7 Å². The number of nitrogens with zero attached hydrogens (tertiary/aromatic N) is 2. The molecule has 0 saturated heterocycles. The molecule has 0 aliphatic rings. The fraction of sp³-hybridized carbons (Fsp3) is 0.385. The first-order chi connectivity index (χ1) is 9.58. The van der Waals surface area contributed by atoms with Gasteiger partial charge in [-0.3, -0.25) is 10.1 Å². The number of amides is 1. The van der Waals surface area contributed by atoms with Crippen LogP contribution in [0.25, 0.3) is 0 Å². The minimum absolute atomic E-state index is 0.0116. The van der Waals surface area contributed by atoms with Crippen LogP contribution >= 0.6 is 0 Å². The summed E-state index contributed by atoms with van der Waals surface area (Å²) in [6.07, 6.45) is 0.742. The van der Waals surface area contributed by atoms with Crippen molar-refractivity contribution in [2.75, 3.05) is 6.61 Å². The molecule has 1 aromatic carbocycles. The number of nitro benzene ring substituents is 1. The van der Waals surface area contributed by atoms with Crippen molar-refractivity contribution >= 4 is 17.5 Å². The summed E-state index contributed by atoms with van der Waals surface area (Å²) in [5, 5.41) is 14.7. The van der Waals surface area contributed by atoms with Gasteiger partial charge in [-0.15, -0.1) is 0 Å². The molecule has 1 rings (SSSR count). The monoisotopic (exact) mass is 279 g/mol. The van der Waals surface area contributed by atoms with E-state index in [1.54, 1.807) is 19.1 Å². The van der Waals surface area contributed by atoms with Crippen LogP contribution in [0, 0.1) is 10.1 Å². The molecule has 0 spiro atoms. The van der Waals surface area contributed by atoms with Gasteiger partial charge in [0.05, 0.1) is 17.2 Å². The second-order valence-corrected chi connectivity index (χ2v) is 3.95. The predicted molar refractivity (Wildman–Crippen MR) is 74.7 cm³/mol. The number of carbonyl (C=O) groups excluding carboxylic acids is 1. The van der Waals surface area contributed by atoms with Crippen LogP contribution in [0.1, 0.15) is 32.3 Å². The fourth-order valence-electron chi connectivity index (χ4n) is 1.58. The van der Waals surface area contributed by atoms with Crippen molar-refractivity contribution in [1.82, 2.24) is 5.43 Å². The van der Waals surface area contributed by atoms with Crippen LogP contribution in [0.5, 0.6) is 0 Å². The summed E-state index contributed by atoms with van der Waals surface area (Å²) in [7, 11) is 0. The molecule has 1 N–H and O–H groups in total. The van der Waals surface area contributed by atoms with E-state index in [0.29, 0.717) is 17.7 Å². The first kappa shape index (κ1) is 15.6. The number of nitrogens with one attached hydrogen (secondary N) is 1. The fourth-order valence-corrected chi connectivity index (χ4v) is 1.58. The zero-order valence-corrected chi connectivity index (χ0v) is 11.5. The van der Waals surface area contributed by atoms with Crippen LogP contribution in [0.15, 0.2) is 29.4 Å². The van der Waals surface area contributed by atoms with E-state index in [0.717, 1.165) is 6.42 Å². The molecular weight excluding hydrogens is 262 g/mol. The third kappa shape index (κ3) is 4.68. The second kappa shape index (κ2) is 7.88. The lowest BCUT2D eigenvalue weighted by Gasteiger charge is -2.06. The Labute approximate surface area is 116 Å². The summed E-state index contributed by atoms with van der Waals surface area (Å²) in [4.78, 5) is 21.5. The van der Waals surface area contributed by atoms with E-state index in [2.05, 4.69) is 10.5 Å². The van der Waals surface area contributed by atoms with Crippen molar-refractivity contribution < 1.29 is 14.5 Å². The van der Waals surface area contributed by atoms with Crippen LogP contribution in [-0.4, -0.2) is 23.3 Å². The number of nitro groups is 1. The smallest absolute Gasteiger partial charge is 0.427 e. The predicted octanol–water partition coefficient (Wildman–Crippen LogP) is 2.85. The van der Waals surface area contributed by atoms with Crippen molar-refractivity contribution in [3.8, 4) is 0 Å². The highest BCUT2D eigenvalue weighted by Gasteiger charge is 2.10. The Bertz CT molecular complexity index is 514. The van der Waals surface area contributed by atoms with E-state index < -0.39 is 11.0 Å². The zero-order valence-electron chi connectivity index (χ0n) is 11.5. The number of hydrogen-bond donors (Lipinski definition) is 1. The lowest BCUT2D eigenvalue weighted by Crippen LogP contribution is -2.21. The minimum Gasteiger partial charge on any atom is -0.449 e. The van der Waals surface area contributed by atoms with Gasteiger partial charge in [-0.2, -0.15) is 5.10 Å². The molecule has 0 atom stereocenters. The molecular formula is C13H17N3O4. The first-order valence-electron chi connectivity index (χ1n) is 6.32. The van der Waals surface area contributed by atoms with Gasteiger partial charge in [0.2, 0.25) is 0 Å². The maximum absolute atomic E-state index is 11.2. The lowest BCUT2D eigenvalue weighted by molar-refractivity contribution is -0.384. The summed E-state index contributed by atoms with van der Waals surface area (Å²) in [5.74, 6) is 0. The van der Waals surface area contributed by atoms with E-state index in [-0.39, 0.29) is 12.3 Å². The summed E-state index contributed by atoms with van der Waals surface area (Å²) >= 11 is 0. The quantitative estimate of drug-likeness (QED) is 0.492. The molecule has 0 aliphatic carbocycles. The van der Waals surface area contributed by atoms with Crippen LogP contribution < -0.4 is 5.43 Å². The largest absolute Gasteiger partial charge is 0.449 e. The number of ether oxygens (including phenoxy) is 1. The van der Waals surface area contributed by atoms with Gasteiger partial charge in [0.1, 0.15) is 0 Å². The van der Waals surface area contributed by atoms with E-state index in [1.165, 1.54) is 12.1 Å². The van der Waals surface area contributed by atoms with Crippen molar-refractivity contribution in [1.29, 1.82) is 0 Å². The number of carbonyl (C=O) groups is 1. The molecule has 0 heterocycles. The van der Waals surface area contributed by atoms with Gasteiger partial charge in [-0.05, 0) is 13.3 Å². The Hall–Kier alpha value is -2.44. The van der Waals surface area contributed by atoms with Gasteiger partial charge < -0.3 is 4.74 Å². The second-order valence-electron chi connectivity index (χ2n) is 3.95. The Kier molecular flexibility index (Phi) is 6.15. The Morgan fingerprint density at radius 3 is 2.80 bits per heavy atom. The van der Waals surface area contributed by atoms with Gasteiger partial charge in [0.25, 0.3) is 5.69 Å². The molecule has 0 bridgehead atoms. The topological polar surface area (TPSA) is 93.8 Å². The number of hydrogen-bond acceptors (Lipinski definition) is 5. The maximum atomic E-state index is 11.2. The molecule has 108 valence electrons. The van der Waals surface area contributed by atoms with E-state index in [9.17, 15) is 14.9 Å². The van der Waals surface area contributed by atoms with Crippen molar-refractivity contribution in [2.24, 2.45) is 5.10 Å². The van der Waals surface area contributed by atoms with E-state index in [4.69, 9.17) is 4.74 Å². The third-order valence-electron chi connectivity index (χ3n) is 2.43. The molecule has 7 heteroatoms. The molecule has 0 aromatic heterocycles. The number of benzene rings is 1. The summed E-state index contributed by atoms with van der Waals surface area (Å²) < 4.78 is 4.70. The molecule has 0 saturated carbocycles. The normalized spacial score (nSPS) is 11.0. The molecule has 1 amide bonds. The van der Waals surface area contributed by atoms with Gasteiger partial charge >= 0.3 is 6.09 Å². The minimum atomic E-state index is -0.647. The Balaban J connectivity index is 2.95. The third-order valence-corrected chi connectivity index (χ3v) is 2.43. The highest BCUT2D eigenvalue weighted by Crippen LogP contribution is 2.15. The van der Waals surface area contributed by atoms with E-state index >= 15 is 0 Å². The molecule has 1 aromatic rings. The molecule has 0 unspecified atom stereocenters. The molecule has 0 fully saturated rings. The van der Waals surface area contributed by atoms with Crippen LogP contribution in [0.3, 0.4) is 0 Å². The van der Waals surface area contributed by atoms with Gasteiger partial charge in [-0.1, -0.05) is 25.5 Å². The average molecular weight is 279 g/mol. The Morgan fingerprint density at radius 1 is 1.45 bits per heavy atom. The molecule has 20 heavy (non-hydrogen) atoms. The standard InChI is InChI=1S/C13H17N3O4/c1-3-6-12(14-15-13(17)20-4-2)10-7-5-8-11(9-10)16(18)19/h5,7-9H,3-4,6H2,1-2H3,(H,15,17)/b14-12-. The average Bonchev–Trinajstić information content (AvgIpc) is 2.44. The van der Waals surface area contributed by atoms with Crippen LogP contribution in [0.2, 0.25) is 0 Å². The summed E-state index contributed by atoms with van der Waals surface area (Å²) in [6.45, 7) is 3.90. The van der Waals surface area contributed by atoms with Crippen molar-refractivity contribution in [2.45, 2.75) is 26.7 Å². The maximum Gasteiger partial charge on any atom is 0.427 e. The van der Waals surface area contributed by atoms with Gasteiger partial charge in [-0.25, -0.2) is 10.2 Å². The molecule has 0 aliphatic heterocycles. The highest BCUT2D eigenvalue weighted by molar-refractivity contribution is 6.01. The molecule has 7 nitrogen and oxygen atoms in total. The molecule has 0 radical (unpaired) electrons. The number of rotatable bonds is 6. The lowest BCUT2D eigenvalue weighted by atomic mass is 10.1. The van der Waals surface area contributed by atoms with Crippen molar-refractivity contribution in [3.05, 3.63) is 39.9 Å². The zero-order chi connectivity index (χ0) is 15.0. The van der Waals surface area contributed by atoms with Crippen molar-refractivity contribution in [3.63, 3.8) is 0 Å². The number of hydrazone groups is 1. The Morgan fingerprint density at radius 2 is 2.20 bits per heavy atom. The van der Waals surface area contributed by atoms with Crippen LogP contribution in [0.4, 0.5) is 10.5 Å². The van der Waals surface area contributed by atoms with Crippen LogP contribution in [-0.2, 0) is 4.74 Å². The van der Waals surface area contributed by atoms with E-state index in [1.807, 2.05) is 6.92 Å². The summed E-state index contributed by atoms with van der Waals surface area (Å²) in [6, 6.07) is 6.14. The SMILES string of the molecule is CCC/C(=N/NC(=O)OCC)c1cccc([N+](=O)[O-])c1. The van der Waals surface area contributed by atoms with Gasteiger partial charge in [0.15, 0.2) is 0 Å². The highest BCUT2D eigenvalue weighted by atomic mass is 16.6. The number of non-ortho nitro benzene ring substituents is 1.